The fourth-order valence-corrected chi connectivity index (χ4v) is 4.85. The third-order valence-corrected chi connectivity index (χ3v) is 6.17. The molecule has 0 radical (unpaired) electrons. The normalized spacial score (nSPS) is 28.8. The number of methoxy groups -OCH3 is 1. The standard InChI is InChI=1S/C20H16O6/c1-20-11-5-3-8-9(4-6-12(8)21)13(11)16(23)17-14(20)10(7-26-17)15(22)18(25-2)19(20)24/h3,5,7,18-19,24H,4,6H2,1-2H3/t18-,19-,20-/m1/s1. The number of hydrogen-bond donors (Lipinski definition) is 1. The molecular weight excluding hydrogens is 336 g/mol. The van der Waals surface area contributed by atoms with Crippen LogP contribution in [0.2, 0.25) is 0 Å². The average Bonchev–Trinajstić information content (AvgIpc) is 3.23. The quantitative estimate of drug-likeness (QED) is 0.842. The van der Waals surface area contributed by atoms with Gasteiger partial charge in [0.25, 0.3) is 0 Å². The summed E-state index contributed by atoms with van der Waals surface area (Å²) in [4.78, 5) is 37.9. The summed E-state index contributed by atoms with van der Waals surface area (Å²) in [5, 5.41) is 11.0. The molecule has 0 fully saturated rings. The number of carbonyl (C=O) groups is 3. The van der Waals surface area contributed by atoms with Gasteiger partial charge in [-0.25, -0.2) is 0 Å². The Hall–Kier alpha value is -2.57. The monoisotopic (exact) mass is 352 g/mol. The molecule has 1 N–H and O–H groups in total. The molecule has 6 nitrogen and oxygen atoms in total. The predicted molar refractivity (Wildman–Crippen MR) is 88.8 cm³/mol. The van der Waals surface area contributed by atoms with Crippen LogP contribution in [0.15, 0.2) is 22.8 Å². The number of fused-ring (bicyclic) bond motifs is 4. The summed E-state index contributed by atoms with van der Waals surface area (Å²) in [6, 6.07) is 3.44. The molecule has 132 valence electrons. The van der Waals surface area contributed by atoms with E-state index in [0.29, 0.717) is 40.7 Å². The lowest BCUT2D eigenvalue weighted by molar-refractivity contribution is -0.0319. The maximum atomic E-state index is 13.2. The van der Waals surface area contributed by atoms with Gasteiger partial charge in [0.1, 0.15) is 18.5 Å². The fraction of sp³-hybridized carbons (Fsp3) is 0.350. The summed E-state index contributed by atoms with van der Waals surface area (Å²) in [6.45, 7) is 1.79. The molecule has 0 spiro atoms. The Morgan fingerprint density at radius 1 is 1.19 bits per heavy atom. The molecule has 0 saturated carbocycles. The van der Waals surface area contributed by atoms with E-state index in [9.17, 15) is 19.5 Å². The van der Waals surface area contributed by atoms with E-state index in [0.717, 1.165) is 0 Å². The Labute approximate surface area is 148 Å². The molecule has 26 heavy (non-hydrogen) atoms. The Morgan fingerprint density at radius 3 is 2.69 bits per heavy atom. The van der Waals surface area contributed by atoms with E-state index in [1.54, 1.807) is 19.1 Å². The van der Waals surface area contributed by atoms with Gasteiger partial charge in [-0.2, -0.15) is 0 Å². The molecule has 0 saturated heterocycles. The zero-order chi connectivity index (χ0) is 18.4. The molecule has 1 heterocycles. The van der Waals surface area contributed by atoms with Gasteiger partial charge in [0.2, 0.25) is 5.78 Å². The molecule has 1 aromatic carbocycles. The van der Waals surface area contributed by atoms with Crippen molar-refractivity contribution in [3.8, 4) is 0 Å². The summed E-state index contributed by atoms with van der Waals surface area (Å²) in [5.74, 6) is -0.637. The van der Waals surface area contributed by atoms with E-state index in [2.05, 4.69) is 0 Å². The highest BCUT2D eigenvalue weighted by atomic mass is 16.5. The van der Waals surface area contributed by atoms with Crippen LogP contribution in [0.1, 0.15) is 66.9 Å². The van der Waals surface area contributed by atoms with Gasteiger partial charge in [0.15, 0.2) is 17.3 Å². The Morgan fingerprint density at radius 2 is 1.96 bits per heavy atom. The average molecular weight is 352 g/mol. The van der Waals surface area contributed by atoms with Crippen molar-refractivity contribution in [1.82, 2.24) is 0 Å². The number of furan rings is 1. The van der Waals surface area contributed by atoms with Gasteiger partial charge in [-0.3, -0.25) is 14.4 Å². The summed E-state index contributed by atoms with van der Waals surface area (Å²) in [5.41, 5.74) is 1.97. The van der Waals surface area contributed by atoms with E-state index in [4.69, 9.17) is 9.15 Å². The van der Waals surface area contributed by atoms with E-state index in [1.807, 2.05) is 0 Å². The second-order valence-electron chi connectivity index (χ2n) is 7.29. The first-order valence-corrected chi connectivity index (χ1v) is 8.52. The number of hydrogen-bond acceptors (Lipinski definition) is 6. The van der Waals surface area contributed by atoms with Crippen LogP contribution in [0.5, 0.6) is 0 Å². The number of carbonyl (C=O) groups excluding carboxylic acids is 3. The molecule has 0 amide bonds. The van der Waals surface area contributed by atoms with Crippen molar-refractivity contribution < 1.29 is 28.6 Å². The van der Waals surface area contributed by atoms with Gasteiger partial charge in [0, 0.05) is 30.2 Å². The highest BCUT2D eigenvalue weighted by Gasteiger charge is 2.57. The molecule has 3 aliphatic rings. The number of benzene rings is 1. The zero-order valence-electron chi connectivity index (χ0n) is 14.3. The summed E-state index contributed by atoms with van der Waals surface area (Å²) < 4.78 is 10.8. The SMILES string of the molecule is CO[C@@H]1C(=O)c2coc3c2[C@@](C)(c2ccc4c(c2C3=O)CCC4=O)[C@@H]1O. The van der Waals surface area contributed by atoms with Crippen LogP contribution in [0.3, 0.4) is 0 Å². The molecule has 0 bridgehead atoms. The Balaban J connectivity index is 1.88. The second-order valence-corrected chi connectivity index (χ2v) is 7.29. The zero-order valence-corrected chi connectivity index (χ0v) is 14.3. The van der Waals surface area contributed by atoms with Gasteiger partial charge < -0.3 is 14.3 Å². The molecule has 0 aliphatic heterocycles. The highest BCUT2D eigenvalue weighted by molar-refractivity contribution is 6.18. The Kier molecular flexibility index (Phi) is 2.88. The molecule has 5 rings (SSSR count). The largest absolute Gasteiger partial charge is 0.460 e. The van der Waals surface area contributed by atoms with Crippen molar-refractivity contribution in [2.24, 2.45) is 0 Å². The van der Waals surface area contributed by atoms with E-state index in [-0.39, 0.29) is 22.9 Å². The minimum atomic E-state index is -1.18. The lowest BCUT2D eigenvalue weighted by Gasteiger charge is -2.44. The van der Waals surface area contributed by atoms with Crippen molar-refractivity contribution in [3.05, 3.63) is 57.5 Å². The van der Waals surface area contributed by atoms with Crippen LogP contribution in [0, 0.1) is 0 Å². The third-order valence-electron chi connectivity index (χ3n) is 6.17. The van der Waals surface area contributed by atoms with Crippen molar-refractivity contribution in [1.29, 1.82) is 0 Å². The van der Waals surface area contributed by atoms with Gasteiger partial charge in [-0.15, -0.1) is 0 Å². The lowest BCUT2D eigenvalue weighted by Crippen LogP contribution is -2.56. The topological polar surface area (TPSA) is 93.8 Å². The van der Waals surface area contributed by atoms with Gasteiger partial charge in [-0.05, 0) is 24.5 Å². The maximum Gasteiger partial charge on any atom is 0.229 e. The van der Waals surface area contributed by atoms with Crippen LogP contribution >= 0.6 is 0 Å². The molecule has 0 unspecified atom stereocenters. The van der Waals surface area contributed by atoms with Crippen LogP contribution in [-0.4, -0.2) is 41.8 Å². The van der Waals surface area contributed by atoms with Crippen molar-refractivity contribution in [3.63, 3.8) is 0 Å². The van der Waals surface area contributed by atoms with Crippen LogP contribution in [-0.2, 0) is 16.6 Å². The smallest absolute Gasteiger partial charge is 0.229 e. The minimum Gasteiger partial charge on any atom is -0.460 e. The molecule has 6 heteroatoms. The van der Waals surface area contributed by atoms with E-state index < -0.39 is 23.4 Å². The summed E-state index contributed by atoms with van der Waals surface area (Å²) >= 11 is 0. The number of rotatable bonds is 1. The number of ketones is 3. The molecule has 3 atom stereocenters. The van der Waals surface area contributed by atoms with E-state index in [1.165, 1.54) is 13.4 Å². The second kappa shape index (κ2) is 4.78. The number of aliphatic hydroxyl groups is 1. The first-order valence-electron chi connectivity index (χ1n) is 8.52. The number of aliphatic hydroxyl groups excluding tert-OH is 1. The molecule has 2 aromatic rings. The first-order chi connectivity index (χ1) is 12.4. The van der Waals surface area contributed by atoms with Gasteiger partial charge >= 0.3 is 0 Å². The highest BCUT2D eigenvalue weighted by Crippen LogP contribution is 2.51. The lowest BCUT2D eigenvalue weighted by atomic mass is 9.59. The maximum absolute atomic E-state index is 13.2. The fourth-order valence-electron chi connectivity index (χ4n) is 4.85. The van der Waals surface area contributed by atoms with E-state index >= 15 is 0 Å². The number of ether oxygens (including phenoxy) is 1. The third kappa shape index (κ3) is 1.53. The van der Waals surface area contributed by atoms with Gasteiger partial charge in [0.05, 0.1) is 11.0 Å². The van der Waals surface area contributed by atoms with Gasteiger partial charge in [-0.1, -0.05) is 12.1 Å². The Bertz CT molecular complexity index is 1030. The molecule has 1 aromatic heterocycles. The van der Waals surface area contributed by atoms with Crippen LogP contribution in [0.4, 0.5) is 0 Å². The van der Waals surface area contributed by atoms with Crippen LogP contribution in [0.25, 0.3) is 0 Å². The minimum absolute atomic E-state index is 0.0147. The van der Waals surface area contributed by atoms with Crippen molar-refractivity contribution in [2.45, 2.75) is 37.4 Å². The summed E-state index contributed by atoms with van der Waals surface area (Å²) in [6.07, 6.45) is -0.0867. The first kappa shape index (κ1) is 15.7. The van der Waals surface area contributed by atoms with Crippen molar-refractivity contribution in [2.75, 3.05) is 7.11 Å². The summed E-state index contributed by atoms with van der Waals surface area (Å²) in [7, 11) is 1.37. The number of Topliss-reactive ketones (excluding diaryl/α,β-unsaturated/α-hetero) is 2. The molecular formula is C20H16O6. The molecule has 3 aliphatic carbocycles. The van der Waals surface area contributed by atoms with Crippen LogP contribution < -0.4 is 0 Å². The predicted octanol–water partition coefficient (Wildman–Crippen LogP) is 1.83. The van der Waals surface area contributed by atoms with Crippen molar-refractivity contribution >= 4 is 17.3 Å².